The van der Waals surface area contributed by atoms with Crippen molar-refractivity contribution in [1.29, 1.82) is 0 Å². The monoisotopic (exact) mass is 313 g/mol. The van der Waals surface area contributed by atoms with E-state index in [2.05, 4.69) is 25.8 Å². The molecule has 0 radical (unpaired) electrons. The second-order valence-electron chi connectivity index (χ2n) is 5.14. The fraction of sp³-hybridized carbons (Fsp3) is 0.286. The molecule has 2 heterocycles. The van der Waals surface area contributed by atoms with Crippen LogP contribution in [-0.2, 0) is 18.4 Å². The maximum atomic E-state index is 12.4. The smallest absolute Gasteiger partial charge is 0.261 e. The van der Waals surface area contributed by atoms with E-state index < -0.39 is 0 Å². The Kier molecular flexibility index (Phi) is 3.83. The first kappa shape index (κ1) is 14.8. The van der Waals surface area contributed by atoms with Crippen LogP contribution in [0.15, 0.2) is 29.3 Å². The Morgan fingerprint density at radius 1 is 1.35 bits per heavy atom. The number of tetrazole rings is 1. The van der Waals surface area contributed by atoms with Crippen LogP contribution in [0.1, 0.15) is 12.0 Å². The van der Waals surface area contributed by atoms with Gasteiger partial charge in [-0.3, -0.25) is 19.5 Å². The Hall–Kier alpha value is -3.10. The van der Waals surface area contributed by atoms with Gasteiger partial charge in [0.2, 0.25) is 11.9 Å². The highest BCUT2D eigenvalue weighted by Crippen LogP contribution is 2.11. The van der Waals surface area contributed by atoms with Crippen molar-refractivity contribution in [2.24, 2.45) is 7.05 Å². The zero-order valence-electron chi connectivity index (χ0n) is 12.7. The number of benzene rings is 1. The van der Waals surface area contributed by atoms with Gasteiger partial charge in [-0.1, -0.05) is 17.2 Å². The molecule has 1 amide bonds. The van der Waals surface area contributed by atoms with Gasteiger partial charge < -0.3 is 0 Å². The number of para-hydroxylation sites is 1. The van der Waals surface area contributed by atoms with Crippen LogP contribution in [0.5, 0.6) is 0 Å². The van der Waals surface area contributed by atoms with Crippen LogP contribution >= 0.6 is 0 Å². The molecular formula is C14H15N7O2. The molecule has 9 nitrogen and oxygen atoms in total. The van der Waals surface area contributed by atoms with Crippen LogP contribution < -0.4 is 10.9 Å². The lowest BCUT2D eigenvalue weighted by Gasteiger charge is -2.07. The van der Waals surface area contributed by atoms with Gasteiger partial charge in [0.25, 0.3) is 5.56 Å². The fourth-order valence-corrected chi connectivity index (χ4v) is 2.24. The van der Waals surface area contributed by atoms with Gasteiger partial charge in [-0.25, -0.2) is 9.67 Å². The number of amides is 1. The predicted molar refractivity (Wildman–Crippen MR) is 82.8 cm³/mol. The molecule has 23 heavy (non-hydrogen) atoms. The van der Waals surface area contributed by atoms with Crippen molar-refractivity contribution in [3.05, 3.63) is 40.4 Å². The van der Waals surface area contributed by atoms with E-state index in [0.717, 1.165) is 5.56 Å². The molecule has 3 rings (SSSR count). The minimum Gasteiger partial charge on any atom is -0.298 e. The normalized spacial score (nSPS) is 10.9. The quantitative estimate of drug-likeness (QED) is 0.740. The summed E-state index contributed by atoms with van der Waals surface area (Å²) in [5.41, 5.74) is 1.47. The third-order valence-electron chi connectivity index (χ3n) is 3.51. The second kappa shape index (κ2) is 5.95. The van der Waals surface area contributed by atoms with Crippen molar-refractivity contribution in [3.8, 4) is 0 Å². The number of anilines is 1. The van der Waals surface area contributed by atoms with Crippen LogP contribution in [0.3, 0.4) is 0 Å². The molecule has 118 valence electrons. The number of nitrogens with zero attached hydrogens (tertiary/aromatic N) is 6. The maximum Gasteiger partial charge on any atom is 0.261 e. The summed E-state index contributed by atoms with van der Waals surface area (Å²) < 4.78 is 2.78. The Morgan fingerprint density at radius 3 is 2.91 bits per heavy atom. The van der Waals surface area contributed by atoms with Crippen LogP contribution in [0.2, 0.25) is 0 Å². The number of aryl methyl sites for hydroxylation is 3. The van der Waals surface area contributed by atoms with Crippen molar-refractivity contribution < 1.29 is 4.79 Å². The molecule has 0 aliphatic rings. The van der Waals surface area contributed by atoms with E-state index in [0.29, 0.717) is 10.9 Å². The van der Waals surface area contributed by atoms with Crippen molar-refractivity contribution >= 4 is 22.8 Å². The average Bonchev–Trinajstić information content (AvgIpc) is 2.92. The molecular weight excluding hydrogens is 298 g/mol. The molecule has 3 aromatic rings. The largest absolute Gasteiger partial charge is 0.298 e. The third-order valence-corrected chi connectivity index (χ3v) is 3.51. The Bertz CT molecular complexity index is 928. The summed E-state index contributed by atoms with van der Waals surface area (Å²) in [6, 6.07) is 5.46. The van der Waals surface area contributed by atoms with E-state index in [9.17, 15) is 9.59 Å². The SMILES string of the molecule is Cc1cccc2c(=O)n(CCC(=O)Nc3nnnn3C)cnc12. The van der Waals surface area contributed by atoms with Crippen molar-refractivity contribution in [3.63, 3.8) is 0 Å². The van der Waals surface area contributed by atoms with Gasteiger partial charge in [-0.15, -0.1) is 0 Å². The van der Waals surface area contributed by atoms with Gasteiger partial charge in [0.05, 0.1) is 17.2 Å². The predicted octanol–water partition coefficient (Wildman–Crippen LogP) is 0.257. The first-order valence-electron chi connectivity index (χ1n) is 7.03. The van der Waals surface area contributed by atoms with Crippen molar-refractivity contribution in [1.82, 2.24) is 29.8 Å². The van der Waals surface area contributed by atoms with E-state index in [-0.39, 0.29) is 30.4 Å². The molecule has 0 saturated carbocycles. The number of aromatic nitrogens is 6. The van der Waals surface area contributed by atoms with E-state index >= 15 is 0 Å². The molecule has 0 saturated heterocycles. The first-order valence-corrected chi connectivity index (χ1v) is 7.03. The number of hydrogen-bond acceptors (Lipinski definition) is 6. The standard InChI is InChI=1S/C14H15N7O2/c1-9-4-3-5-10-12(9)15-8-21(13(10)23)7-6-11(22)16-14-17-18-19-20(14)2/h3-5,8H,6-7H2,1-2H3,(H,16,17,19,22). The summed E-state index contributed by atoms with van der Waals surface area (Å²) in [6.07, 6.45) is 1.58. The summed E-state index contributed by atoms with van der Waals surface area (Å²) >= 11 is 0. The number of fused-ring (bicyclic) bond motifs is 1. The Labute approximate surface area is 131 Å². The summed E-state index contributed by atoms with van der Waals surface area (Å²) in [5.74, 6) is -0.0197. The summed E-state index contributed by atoms with van der Waals surface area (Å²) in [5, 5.41) is 13.8. The van der Waals surface area contributed by atoms with Crippen LogP contribution in [0.25, 0.3) is 10.9 Å². The molecule has 0 aliphatic carbocycles. The summed E-state index contributed by atoms with van der Waals surface area (Å²) in [6.45, 7) is 2.13. The Morgan fingerprint density at radius 2 is 2.17 bits per heavy atom. The first-order chi connectivity index (χ1) is 11.1. The number of carbonyl (C=O) groups is 1. The summed E-state index contributed by atoms with van der Waals surface area (Å²) in [4.78, 5) is 28.6. The van der Waals surface area contributed by atoms with E-state index in [1.807, 2.05) is 19.1 Å². The molecule has 2 aromatic heterocycles. The van der Waals surface area contributed by atoms with Gasteiger partial charge in [0, 0.05) is 20.0 Å². The van der Waals surface area contributed by atoms with Crippen molar-refractivity contribution in [2.45, 2.75) is 19.9 Å². The Balaban J connectivity index is 1.75. The number of nitrogens with one attached hydrogen (secondary N) is 1. The highest BCUT2D eigenvalue weighted by molar-refractivity contribution is 5.88. The van der Waals surface area contributed by atoms with Gasteiger partial charge >= 0.3 is 0 Å². The number of rotatable bonds is 4. The lowest BCUT2D eigenvalue weighted by atomic mass is 10.1. The number of carbonyl (C=O) groups excluding carboxylic acids is 1. The highest BCUT2D eigenvalue weighted by Gasteiger charge is 2.10. The van der Waals surface area contributed by atoms with Crippen molar-refractivity contribution in [2.75, 3.05) is 5.32 Å². The van der Waals surface area contributed by atoms with Gasteiger partial charge in [0.1, 0.15) is 0 Å². The lowest BCUT2D eigenvalue weighted by molar-refractivity contribution is -0.116. The minimum absolute atomic E-state index is 0.117. The molecule has 0 bridgehead atoms. The van der Waals surface area contributed by atoms with E-state index in [4.69, 9.17) is 0 Å². The molecule has 9 heteroatoms. The second-order valence-corrected chi connectivity index (χ2v) is 5.14. The molecule has 0 spiro atoms. The molecule has 0 aliphatic heterocycles. The lowest BCUT2D eigenvalue weighted by Crippen LogP contribution is -2.24. The topological polar surface area (TPSA) is 108 Å². The molecule has 0 fully saturated rings. The van der Waals surface area contributed by atoms with Gasteiger partial charge in [-0.05, 0) is 29.0 Å². The molecule has 0 atom stereocenters. The fourth-order valence-electron chi connectivity index (χ4n) is 2.24. The van der Waals surface area contributed by atoms with E-state index in [1.54, 1.807) is 13.1 Å². The zero-order valence-corrected chi connectivity index (χ0v) is 12.7. The molecule has 0 unspecified atom stereocenters. The van der Waals surface area contributed by atoms with Crippen LogP contribution in [0, 0.1) is 6.92 Å². The van der Waals surface area contributed by atoms with Gasteiger partial charge in [0.15, 0.2) is 0 Å². The van der Waals surface area contributed by atoms with Crippen LogP contribution in [-0.4, -0.2) is 35.7 Å². The van der Waals surface area contributed by atoms with Crippen LogP contribution in [0.4, 0.5) is 5.95 Å². The van der Waals surface area contributed by atoms with E-state index in [1.165, 1.54) is 15.6 Å². The average molecular weight is 313 g/mol. The zero-order chi connectivity index (χ0) is 16.4. The van der Waals surface area contributed by atoms with Gasteiger partial charge in [-0.2, -0.15) is 0 Å². The maximum absolute atomic E-state index is 12.4. The minimum atomic E-state index is -0.279. The highest BCUT2D eigenvalue weighted by atomic mass is 16.2. The molecule has 1 aromatic carbocycles. The molecule has 1 N–H and O–H groups in total. The third kappa shape index (κ3) is 2.93. The summed E-state index contributed by atoms with van der Waals surface area (Å²) in [7, 11) is 1.62. The number of hydrogen-bond donors (Lipinski definition) is 1.